The van der Waals surface area contributed by atoms with Crippen LogP contribution in [0.2, 0.25) is 10.3 Å². The molecular weight excluding hydrogens is 247 g/mol. The molecule has 1 aromatic carbocycles. The van der Waals surface area contributed by atoms with E-state index in [-0.39, 0.29) is 16.1 Å². The fourth-order valence-electron chi connectivity index (χ4n) is 1.54. The van der Waals surface area contributed by atoms with Gasteiger partial charge in [-0.2, -0.15) is 0 Å². The van der Waals surface area contributed by atoms with Gasteiger partial charge >= 0.3 is 0 Å². The first-order valence-corrected chi connectivity index (χ1v) is 5.39. The molecule has 2 rings (SSSR count). The number of ketones is 1. The molecule has 16 heavy (non-hydrogen) atoms. The molecule has 82 valence electrons. The molecule has 0 saturated heterocycles. The van der Waals surface area contributed by atoms with Gasteiger partial charge in [0, 0.05) is 5.56 Å². The van der Waals surface area contributed by atoms with Crippen LogP contribution in [0.4, 0.5) is 0 Å². The molecule has 0 bridgehead atoms. The molecule has 0 aliphatic heterocycles. The van der Waals surface area contributed by atoms with Gasteiger partial charge in [-0.25, -0.2) is 9.97 Å². The van der Waals surface area contributed by atoms with Gasteiger partial charge in [-0.05, 0) is 31.5 Å². The SMILES string of the molecule is CC(=O)c1cc2nc(Cl)c(Cl)nc2cc1C. The maximum atomic E-state index is 11.4. The normalized spacial score (nSPS) is 10.8. The minimum atomic E-state index is -0.00716. The molecule has 0 unspecified atom stereocenters. The highest BCUT2D eigenvalue weighted by Gasteiger charge is 2.10. The summed E-state index contributed by atoms with van der Waals surface area (Å²) in [5, 5.41) is 0.316. The number of hydrogen-bond donors (Lipinski definition) is 0. The van der Waals surface area contributed by atoms with Crippen LogP contribution in [-0.4, -0.2) is 15.8 Å². The topological polar surface area (TPSA) is 42.9 Å². The monoisotopic (exact) mass is 254 g/mol. The zero-order valence-electron chi connectivity index (χ0n) is 8.71. The maximum Gasteiger partial charge on any atom is 0.167 e. The van der Waals surface area contributed by atoms with Crippen LogP contribution >= 0.6 is 23.2 Å². The third kappa shape index (κ3) is 1.88. The molecule has 1 aromatic heterocycles. The molecule has 3 nitrogen and oxygen atoms in total. The van der Waals surface area contributed by atoms with Gasteiger partial charge in [-0.1, -0.05) is 23.2 Å². The zero-order valence-corrected chi connectivity index (χ0v) is 10.2. The van der Waals surface area contributed by atoms with Crippen LogP contribution in [-0.2, 0) is 0 Å². The lowest BCUT2D eigenvalue weighted by molar-refractivity contribution is 0.101. The van der Waals surface area contributed by atoms with Crippen LogP contribution in [0, 0.1) is 6.92 Å². The van der Waals surface area contributed by atoms with Crippen molar-refractivity contribution >= 4 is 40.0 Å². The highest BCUT2D eigenvalue weighted by molar-refractivity contribution is 6.40. The van der Waals surface area contributed by atoms with Gasteiger partial charge in [-0.3, -0.25) is 4.79 Å². The number of halogens is 2. The van der Waals surface area contributed by atoms with Gasteiger partial charge in [0.15, 0.2) is 16.1 Å². The van der Waals surface area contributed by atoms with Crippen LogP contribution in [0.1, 0.15) is 22.8 Å². The first-order valence-electron chi connectivity index (χ1n) is 4.63. The second-order valence-electron chi connectivity index (χ2n) is 3.52. The van der Waals surface area contributed by atoms with Crippen LogP contribution in [0.25, 0.3) is 11.0 Å². The number of aryl methyl sites for hydroxylation is 1. The first-order chi connectivity index (χ1) is 7.49. The number of carbonyl (C=O) groups excluding carboxylic acids is 1. The molecule has 2 aromatic rings. The lowest BCUT2D eigenvalue weighted by Gasteiger charge is -2.05. The van der Waals surface area contributed by atoms with Crippen molar-refractivity contribution in [1.29, 1.82) is 0 Å². The molecule has 0 N–H and O–H groups in total. The molecule has 0 atom stereocenters. The third-order valence-corrected chi connectivity index (χ3v) is 2.93. The van der Waals surface area contributed by atoms with E-state index in [4.69, 9.17) is 23.2 Å². The van der Waals surface area contributed by atoms with E-state index in [1.54, 1.807) is 12.1 Å². The Morgan fingerprint density at radius 1 is 1.12 bits per heavy atom. The second-order valence-corrected chi connectivity index (χ2v) is 4.23. The minimum Gasteiger partial charge on any atom is -0.294 e. The summed E-state index contributed by atoms with van der Waals surface area (Å²) in [6.45, 7) is 3.36. The fraction of sp³-hybridized carbons (Fsp3) is 0.182. The Morgan fingerprint density at radius 3 is 2.12 bits per heavy atom. The minimum absolute atomic E-state index is 0.00716. The highest BCUT2D eigenvalue weighted by Crippen LogP contribution is 2.23. The molecule has 5 heteroatoms. The van der Waals surface area contributed by atoms with Gasteiger partial charge in [0.2, 0.25) is 0 Å². The van der Waals surface area contributed by atoms with Crippen LogP contribution < -0.4 is 0 Å². The van der Waals surface area contributed by atoms with E-state index in [0.717, 1.165) is 5.56 Å². The molecule has 0 amide bonds. The van der Waals surface area contributed by atoms with Gasteiger partial charge in [-0.15, -0.1) is 0 Å². The summed E-state index contributed by atoms with van der Waals surface area (Å²) in [6.07, 6.45) is 0. The summed E-state index contributed by atoms with van der Waals surface area (Å²) in [7, 11) is 0. The third-order valence-electron chi connectivity index (χ3n) is 2.31. The standard InChI is InChI=1S/C11H8Cl2N2O/c1-5-3-8-9(4-7(5)6(2)16)15-11(13)10(12)14-8/h3-4H,1-2H3. The predicted octanol–water partition coefficient (Wildman–Crippen LogP) is 3.45. The van der Waals surface area contributed by atoms with Gasteiger partial charge < -0.3 is 0 Å². The van der Waals surface area contributed by atoms with E-state index < -0.39 is 0 Å². The average molecular weight is 255 g/mol. The second kappa shape index (κ2) is 4.00. The van der Waals surface area contributed by atoms with Gasteiger partial charge in [0.1, 0.15) is 0 Å². The van der Waals surface area contributed by atoms with E-state index in [0.29, 0.717) is 16.6 Å². The smallest absolute Gasteiger partial charge is 0.167 e. The Labute approximate surface area is 102 Å². The molecule has 0 aliphatic rings. The Kier molecular flexibility index (Phi) is 2.82. The molecule has 0 aliphatic carbocycles. The van der Waals surface area contributed by atoms with Crippen LogP contribution in [0.5, 0.6) is 0 Å². The van der Waals surface area contributed by atoms with Crippen molar-refractivity contribution < 1.29 is 4.79 Å². The molecular formula is C11H8Cl2N2O. The number of nitrogens with zero attached hydrogens (tertiary/aromatic N) is 2. The summed E-state index contributed by atoms with van der Waals surface area (Å²) < 4.78 is 0. The van der Waals surface area contributed by atoms with Crippen molar-refractivity contribution in [3.63, 3.8) is 0 Å². The largest absolute Gasteiger partial charge is 0.294 e. The van der Waals surface area contributed by atoms with Crippen molar-refractivity contribution in [2.75, 3.05) is 0 Å². The quantitative estimate of drug-likeness (QED) is 0.733. The maximum absolute atomic E-state index is 11.4. The summed E-state index contributed by atoms with van der Waals surface area (Å²) in [5.41, 5.74) is 2.69. The number of carbonyl (C=O) groups is 1. The Balaban J connectivity index is 2.79. The van der Waals surface area contributed by atoms with E-state index in [1.165, 1.54) is 6.92 Å². The molecule has 0 fully saturated rings. The highest BCUT2D eigenvalue weighted by atomic mass is 35.5. The van der Waals surface area contributed by atoms with Crippen molar-refractivity contribution in [2.24, 2.45) is 0 Å². The summed E-state index contributed by atoms with van der Waals surface area (Å²) in [4.78, 5) is 19.5. The van der Waals surface area contributed by atoms with E-state index >= 15 is 0 Å². The number of aromatic nitrogens is 2. The summed E-state index contributed by atoms with van der Waals surface area (Å²) in [5.74, 6) is -0.00716. The lowest BCUT2D eigenvalue weighted by Crippen LogP contribution is -1.98. The molecule has 0 spiro atoms. The van der Waals surface area contributed by atoms with E-state index in [2.05, 4.69) is 9.97 Å². The van der Waals surface area contributed by atoms with Gasteiger partial charge in [0.25, 0.3) is 0 Å². The van der Waals surface area contributed by atoms with Gasteiger partial charge in [0.05, 0.1) is 11.0 Å². The number of rotatable bonds is 1. The van der Waals surface area contributed by atoms with Crippen molar-refractivity contribution in [3.05, 3.63) is 33.6 Å². The van der Waals surface area contributed by atoms with Crippen molar-refractivity contribution in [2.45, 2.75) is 13.8 Å². The first kappa shape index (κ1) is 11.3. The number of fused-ring (bicyclic) bond motifs is 1. The lowest BCUT2D eigenvalue weighted by atomic mass is 10.0. The predicted molar refractivity (Wildman–Crippen MR) is 64.3 cm³/mol. The zero-order chi connectivity index (χ0) is 11.9. The van der Waals surface area contributed by atoms with Crippen LogP contribution in [0.15, 0.2) is 12.1 Å². The summed E-state index contributed by atoms with van der Waals surface area (Å²) in [6, 6.07) is 3.46. The summed E-state index contributed by atoms with van der Waals surface area (Å²) >= 11 is 11.5. The molecule has 0 saturated carbocycles. The Hall–Kier alpha value is -1.19. The molecule has 0 radical (unpaired) electrons. The number of benzene rings is 1. The van der Waals surface area contributed by atoms with E-state index in [9.17, 15) is 4.79 Å². The van der Waals surface area contributed by atoms with Crippen molar-refractivity contribution in [1.82, 2.24) is 9.97 Å². The number of Topliss-reactive ketones (excluding diaryl/α,β-unsaturated/α-hetero) is 1. The number of hydrogen-bond acceptors (Lipinski definition) is 3. The van der Waals surface area contributed by atoms with Crippen molar-refractivity contribution in [3.8, 4) is 0 Å². The fourth-order valence-corrected chi connectivity index (χ4v) is 1.81. The average Bonchev–Trinajstić information content (AvgIpc) is 2.19. The Bertz CT molecular complexity index is 596. The molecule has 1 heterocycles. The van der Waals surface area contributed by atoms with Crippen LogP contribution in [0.3, 0.4) is 0 Å². The van der Waals surface area contributed by atoms with E-state index in [1.807, 2.05) is 6.92 Å². The Morgan fingerprint density at radius 2 is 1.62 bits per heavy atom.